The molecule has 1 unspecified atom stereocenters. The minimum Gasteiger partial charge on any atom is -0.493 e. The second-order valence-electron chi connectivity index (χ2n) is 7.47. The molecule has 156 valence electrons. The summed E-state index contributed by atoms with van der Waals surface area (Å²) in [6.45, 7) is 7.30. The molecule has 6 heteroatoms. The first-order valence-corrected chi connectivity index (χ1v) is 10.4. The molecule has 30 heavy (non-hydrogen) atoms. The molecule has 1 aliphatic heterocycles. The van der Waals surface area contributed by atoms with Crippen LogP contribution < -0.4 is 9.47 Å². The number of hydrogen-bond acceptors (Lipinski definition) is 4. The van der Waals surface area contributed by atoms with Gasteiger partial charge in [0.05, 0.1) is 25.5 Å². The van der Waals surface area contributed by atoms with Crippen LogP contribution in [0, 0.1) is 6.92 Å². The summed E-state index contributed by atoms with van der Waals surface area (Å²) in [5.74, 6) is 1.34. The van der Waals surface area contributed by atoms with Gasteiger partial charge in [-0.25, -0.2) is 0 Å². The number of H-pyrrole nitrogens is 1. The molecule has 0 saturated heterocycles. The van der Waals surface area contributed by atoms with Crippen LogP contribution in [-0.4, -0.2) is 41.3 Å². The van der Waals surface area contributed by atoms with Gasteiger partial charge in [-0.05, 0) is 38.0 Å². The molecular weight excluding hydrogens is 378 g/mol. The topological polar surface area (TPSA) is 67.5 Å². The highest BCUT2D eigenvalue weighted by Gasteiger charge is 2.42. The lowest BCUT2D eigenvalue weighted by Crippen LogP contribution is -2.30. The summed E-state index contributed by atoms with van der Waals surface area (Å²) in [7, 11) is 1.63. The molecule has 2 heterocycles. The van der Waals surface area contributed by atoms with Gasteiger partial charge in [0.15, 0.2) is 11.5 Å². The molecular formula is C24H27N3O3. The summed E-state index contributed by atoms with van der Waals surface area (Å²) >= 11 is 0. The van der Waals surface area contributed by atoms with E-state index in [0.29, 0.717) is 30.3 Å². The highest BCUT2D eigenvalue weighted by molar-refractivity contribution is 6.00. The van der Waals surface area contributed by atoms with Crippen LogP contribution in [0.1, 0.15) is 53.5 Å². The number of nitrogens with zero attached hydrogens (tertiary/aromatic N) is 2. The number of fused-ring (bicyclic) bond motifs is 1. The van der Waals surface area contributed by atoms with E-state index >= 15 is 0 Å². The van der Waals surface area contributed by atoms with Gasteiger partial charge in [-0.15, -0.1) is 0 Å². The number of carbonyl (C=O) groups is 1. The lowest BCUT2D eigenvalue weighted by atomic mass is 9.95. The third kappa shape index (κ3) is 3.32. The Bertz CT molecular complexity index is 1060. The Morgan fingerprint density at radius 1 is 1.10 bits per heavy atom. The van der Waals surface area contributed by atoms with Crippen molar-refractivity contribution in [3.05, 3.63) is 64.8 Å². The van der Waals surface area contributed by atoms with Gasteiger partial charge in [0.1, 0.15) is 5.69 Å². The van der Waals surface area contributed by atoms with Crippen molar-refractivity contribution in [3.8, 4) is 22.8 Å². The largest absolute Gasteiger partial charge is 0.493 e. The fourth-order valence-electron chi connectivity index (χ4n) is 4.08. The number of ether oxygens (including phenoxy) is 2. The van der Waals surface area contributed by atoms with Gasteiger partial charge in [0.25, 0.3) is 5.91 Å². The maximum atomic E-state index is 13.2. The van der Waals surface area contributed by atoms with E-state index in [0.717, 1.165) is 28.8 Å². The van der Waals surface area contributed by atoms with Crippen molar-refractivity contribution in [3.63, 3.8) is 0 Å². The number of carbonyl (C=O) groups excluding carboxylic acids is 1. The van der Waals surface area contributed by atoms with Crippen molar-refractivity contribution in [2.45, 2.75) is 33.2 Å². The van der Waals surface area contributed by atoms with Crippen LogP contribution in [0.3, 0.4) is 0 Å². The summed E-state index contributed by atoms with van der Waals surface area (Å²) in [6, 6.07) is 13.9. The Balaban J connectivity index is 1.86. The van der Waals surface area contributed by atoms with E-state index in [-0.39, 0.29) is 11.9 Å². The molecule has 1 aliphatic rings. The summed E-state index contributed by atoms with van der Waals surface area (Å²) in [6.07, 6.45) is 0.869. The normalized spacial score (nSPS) is 15.4. The van der Waals surface area contributed by atoms with Crippen LogP contribution in [0.2, 0.25) is 0 Å². The summed E-state index contributed by atoms with van der Waals surface area (Å²) in [5.41, 5.74) is 5.45. The lowest BCUT2D eigenvalue weighted by molar-refractivity contribution is 0.0743. The molecule has 1 N–H and O–H groups in total. The summed E-state index contributed by atoms with van der Waals surface area (Å²) in [4.78, 5) is 15.1. The lowest BCUT2D eigenvalue weighted by Gasteiger charge is -2.26. The average molecular weight is 405 g/mol. The Kier molecular flexibility index (Phi) is 5.48. The van der Waals surface area contributed by atoms with Gasteiger partial charge in [-0.2, -0.15) is 5.10 Å². The first-order valence-electron chi connectivity index (χ1n) is 10.4. The summed E-state index contributed by atoms with van der Waals surface area (Å²) < 4.78 is 11.2. The molecule has 4 rings (SSSR count). The minimum absolute atomic E-state index is 0.0180. The number of hydrogen-bond donors (Lipinski definition) is 1. The van der Waals surface area contributed by atoms with Crippen molar-refractivity contribution in [1.82, 2.24) is 15.1 Å². The van der Waals surface area contributed by atoms with Crippen LogP contribution in [0.4, 0.5) is 0 Å². The van der Waals surface area contributed by atoms with Crippen LogP contribution in [0.25, 0.3) is 11.3 Å². The second kappa shape index (κ2) is 8.22. The Labute approximate surface area is 176 Å². The van der Waals surface area contributed by atoms with Crippen LogP contribution in [0.15, 0.2) is 42.5 Å². The van der Waals surface area contributed by atoms with E-state index < -0.39 is 0 Å². The van der Waals surface area contributed by atoms with Crippen LogP contribution in [0.5, 0.6) is 11.5 Å². The van der Waals surface area contributed by atoms with Gasteiger partial charge in [0.2, 0.25) is 0 Å². The number of benzene rings is 2. The molecule has 0 radical (unpaired) electrons. The predicted molar refractivity (Wildman–Crippen MR) is 116 cm³/mol. The third-order valence-electron chi connectivity index (χ3n) is 5.46. The van der Waals surface area contributed by atoms with Gasteiger partial charge in [-0.1, -0.05) is 42.8 Å². The number of nitrogens with one attached hydrogen (secondary N) is 1. The molecule has 0 bridgehead atoms. The number of rotatable bonds is 7. The maximum absolute atomic E-state index is 13.2. The molecule has 3 aromatic rings. The van der Waals surface area contributed by atoms with Crippen molar-refractivity contribution >= 4 is 5.91 Å². The zero-order chi connectivity index (χ0) is 21.3. The van der Waals surface area contributed by atoms with Crippen LogP contribution in [-0.2, 0) is 0 Å². The average Bonchev–Trinajstić information content (AvgIpc) is 3.29. The number of aryl methyl sites for hydroxylation is 1. The minimum atomic E-state index is -0.230. The predicted octanol–water partition coefficient (Wildman–Crippen LogP) is 4.75. The Morgan fingerprint density at radius 2 is 1.87 bits per heavy atom. The van der Waals surface area contributed by atoms with E-state index in [1.54, 1.807) is 7.11 Å². The van der Waals surface area contributed by atoms with Crippen LogP contribution >= 0.6 is 0 Å². The number of methoxy groups -OCH3 is 1. The molecule has 0 spiro atoms. The monoisotopic (exact) mass is 405 g/mol. The van der Waals surface area contributed by atoms with E-state index in [2.05, 4.69) is 48.3 Å². The van der Waals surface area contributed by atoms with Crippen molar-refractivity contribution in [2.75, 3.05) is 20.3 Å². The third-order valence-corrected chi connectivity index (χ3v) is 5.46. The van der Waals surface area contributed by atoms with Gasteiger partial charge >= 0.3 is 0 Å². The first-order chi connectivity index (χ1) is 14.6. The fraction of sp³-hybridized carbons (Fsp3) is 0.333. The highest BCUT2D eigenvalue weighted by atomic mass is 16.5. The molecule has 0 fully saturated rings. The Morgan fingerprint density at radius 3 is 2.53 bits per heavy atom. The van der Waals surface area contributed by atoms with Gasteiger partial charge < -0.3 is 14.4 Å². The molecule has 2 aromatic carbocycles. The molecule has 1 amide bonds. The molecule has 0 aliphatic carbocycles. The quantitative estimate of drug-likeness (QED) is 0.616. The van der Waals surface area contributed by atoms with E-state index in [1.807, 2.05) is 30.0 Å². The Hall–Kier alpha value is -3.28. The zero-order valence-electron chi connectivity index (χ0n) is 17.9. The smallest absolute Gasteiger partial charge is 0.273 e. The number of amides is 1. The molecule has 6 nitrogen and oxygen atoms in total. The zero-order valence-corrected chi connectivity index (χ0v) is 17.9. The number of aromatic amines is 1. The molecule has 0 saturated carbocycles. The SMILES string of the molecule is CCCN1C(=O)c2[nH]nc(-c3ccc(C)cc3)c2C1c1ccc(OCC)c(OC)c1. The van der Waals surface area contributed by atoms with E-state index in [9.17, 15) is 4.79 Å². The van der Waals surface area contributed by atoms with Gasteiger partial charge in [0, 0.05) is 17.7 Å². The van der Waals surface area contributed by atoms with Crippen molar-refractivity contribution in [1.29, 1.82) is 0 Å². The van der Waals surface area contributed by atoms with Gasteiger partial charge in [-0.3, -0.25) is 9.89 Å². The van der Waals surface area contributed by atoms with Crippen molar-refractivity contribution in [2.24, 2.45) is 0 Å². The second-order valence-corrected chi connectivity index (χ2v) is 7.47. The highest BCUT2D eigenvalue weighted by Crippen LogP contribution is 2.44. The van der Waals surface area contributed by atoms with E-state index in [4.69, 9.17) is 9.47 Å². The standard InChI is InChI=1S/C24H27N3O3/c1-5-13-27-23(17-11-12-18(30-6-2)19(14-17)29-4)20-21(25-26-22(20)24(27)28)16-9-7-15(3)8-10-16/h7-12,14,23H,5-6,13H2,1-4H3,(H,25,26). The maximum Gasteiger partial charge on any atom is 0.273 e. The molecule has 1 atom stereocenters. The molecule has 1 aromatic heterocycles. The fourth-order valence-corrected chi connectivity index (χ4v) is 4.08. The summed E-state index contributed by atoms with van der Waals surface area (Å²) in [5, 5.41) is 7.52. The van der Waals surface area contributed by atoms with E-state index in [1.165, 1.54) is 5.56 Å². The van der Waals surface area contributed by atoms with Crippen molar-refractivity contribution < 1.29 is 14.3 Å². The first kappa shape index (κ1) is 20.0. The number of aromatic nitrogens is 2.